The second-order valence-corrected chi connectivity index (χ2v) is 7.65. The van der Waals surface area contributed by atoms with Gasteiger partial charge in [0.1, 0.15) is 5.75 Å². The number of benzene rings is 1. The van der Waals surface area contributed by atoms with E-state index in [4.69, 9.17) is 19.7 Å². The van der Waals surface area contributed by atoms with Gasteiger partial charge in [0.2, 0.25) is 5.95 Å². The molecule has 12 heteroatoms. The van der Waals surface area contributed by atoms with Crippen molar-refractivity contribution < 1.29 is 23.5 Å². The second kappa shape index (κ2) is 8.53. The van der Waals surface area contributed by atoms with Crippen LogP contribution < -0.4 is 15.8 Å². The van der Waals surface area contributed by atoms with Gasteiger partial charge in [0.05, 0.1) is 25.6 Å². The van der Waals surface area contributed by atoms with Gasteiger partial charge >= 0.3 is 7.60 Å². The Morgan fingerprint density at radius 1 is 1.36 bits per heavy atom. The van der Waals surface area contributed by atoms with Crippen LogP contribution in [0.4, 0.5) is 5.95 Å². The standard InChI is InChI=1S/C16H20N5O6P/c1-25-8-12(26-10-28(23,24)27-11-5-3-2-4-6-11)7-21-9-18-13-14(21)19-16(17)20-15(13)22/h2-6,9,12H,7-8,10H2,1H3,(H,23,24)(H3,17,19,20,22)/t12-/m1/s1. The maximum Gasteiger partial charge on any atom is 0.402 e. The second-order valence-electron chi connectivity index (χ2n) is 5.94. The lowest BCUT2D eigenvalue weighted by atomic mass is 10.3. The zero-order chi connectivity index (χ0) is 20.1. The Morgan fingerprint density at radius 2 is 2.11 bits per heavy atom. The van der Waals surface area contributed by atoms with Crippen LogP contribution >= 0.6 is 7.60 Å². The number of hydrogen-bond donors (Lipinski definition) is 3. The molecular weight excluding hydrogens is 389 g/mol. The Bertz CT molecular complexity index is 1040. The van der Waals surface area contributed by atoms with Crippen molar-refractivity contribution in [1.29, 1.82) is 0 Å². The predicted octanol–water partition coefficient (Wildman–Crippen LogP) is 0.955. The van der Waals surface area contributed by atoms with Crippen LogP contribution in [-0.2, 0) is 20.6 Å². The van der Waals surface area contributed by atoms with Crippen molar-refractivity contribution in [3.05, 3.63) is 47.0 Å². The normalized spacial score (nSPS) is 14.6. The number of para-hydroxylation sites is 1. The molecule has 150 valence electrons. The number of rotatable bonds is 9. The number of nitrogen functional groups attached to an aromatic ring is 1. The fourth-order valence-electron chi connectivity index (χ4n) is 2.54. The van der Waals surface area contributed by atoms with Crippen LogP contribution in [0.15, 0.2) is 41.5 Å². The Balaban J connectivity index is 1.70. The fraction of sp³-hybridized carbons (Fsp3) is 0.312. The van der Waals surface area contributed by atoms with E-state index in [1.165, 1.54) is 13.4 Å². The fourth-order valence-corrected chi connectivity index (χ4v) is 3.44. The monoisotopic (exact) mass is 409 g/mol. The van der Waals surface area contributed by atoms with E-state index in [2.05, 4.69) is 15.0 Å². The van der Waals surface area contributed by atoms with Crippen LogP contribution in [0.3, 0.4) is 0 Å². The van der Waals surface area contributed by atoms with Crippen molar-refractivity contribution in [1.82, 2.24) is 19.5 Å². The van der Waals surface area contributed by atoms with Gasteiger partial charge in [-0.05, 0) is 12.1 Å². The van der Waals surface area contributed by atoms with Crippen molar-refractivity contribution >= 4 is 24.7 Å². The van der Waals surface area contributed by atoms with E-state index >= 15 is 0 Å². The predicted molar refractivity (Wildman–Crippen MR) is 101 cm³/mol. The van der Waals surface area contributed by atoms with Crippen LogP contribution in [0.2, 0.25) is 0 Å². The molecule has 0 aliphatic carbocycles. The van der Waals surface area contributed by atoms with Crippen LogP contribution in [-0.4, -0.2) is 50.6 Å². The topological polar surface area (TPSA) is 155 Å². The number of anilines is 1. The molecule has 2 heterocycles. The van der Waals surface area contributed by atoms with Crippen LogP contribution in [0.5, 0.6) is 5.75 Å². The molecule has 2 atom stereocenters. The van der Waals surface area contributed by atoms with Gasteiger partial charge in [0, 0.05) is 7.11 Å². The summed E-state index contributed by atoms with van der Waals surface area (Å²) in [7, 11) is -2.56. The first-order valence-electron chi connectivity index (χ1n) is 8.25. The lowest BCUT2D eigenvalue weighted by Gasteiger charge is -2.20. The Hall–Kier alpha value is -2.72. The molecule has 0 bridgehead atoms. The van der Waals surface area contributed by atoms with E-state index in [1.54, 1.807) is 34.9 Å². The summed E-state index contributed by atoms with van der Waals surface area (Å²) >= 11 is 0. The zero-order valence-electron chi connectivity index (χ0n) is 15.0. The third-order valence-corrected chi connectivity index (χ3v) is 4.68. The number of fused-ring (bicyclic) bond motifs is 1. The first-order chi connectivity index (χ1) is 13.4. The molecule has 3 rings (SSSR count). The minimum Gasteiger partial charge on any atom is -0.423 e. The van der Waals surface area contributed by atoms with Gasteiger partial charge in [0.25, 0.3) is 5.56 Å². The average molecular weight is 409 g/mol. The number of aromatic amines is 1. The van der Waals surface area contributed by atoms with Crippen molar-refractivity contribution in [2.24, 2.45) is 0 Å². The molecule has 0 aliphatic rings. The maximum atomic E-state index is 12.3. The van der Waals surface area contributed by atoms with Crippen LogP contribution in [0.1, 0.15) is 0 Å². The number of hydrogen-bond acceptors (Lipinski definition) is 8. The van der Waals surface area contributed by atoms with E-state index in [9.17, 15) is 14.3 Å². The molecule has 28 heavy (non-hydrogen) atoms. The third kappa shape index (κ3) is 4.96. The third-order valence-electron chi connectivity index (χ3n) is 3.71. The van der Waals surface area contributed by atoms with Crippen molar-refractivity contribution in [2.45, 2.75) is 12.6 Å². The minimum absolute atomic E-state index is 0.0421. The minimum atomic E-state index is -4.04. The largest absolute Gasteiger partial charge is 0.423 e. The van der Waals surface area contributed by atoms with Crippen molar-refractivity contribution in [3.8, 4) is 5.75 Å². The first kappa shape index (κ1) is 20.0. The summed E-state index contributed by atoms with van der Waals surface area (Å²) in [6.07, 6.45) is 0.250. The maximum absolute atomic E-state index is 12.3. The summed E-state index contributed by atoms with van der Waals surface area (Å²) in [6.45, 7) is 0.301. The zero-order valence-corrected chi connectivity index (χ0v) is 15.9. The van der Waals surface area contributed by atoms with E-state index in [0.717, 1.165) is 0 Å². The summed E-state index contributed by atoms with van der Waals surface area (Å²) in [5, 5.41) is 0. The van der Waals surface area contributed by atoms with E-state index in [0.29, 0.717) is 0 Å². The summed E-state index contributed by atoms with van der Waals surface area (Å²) < 4.78 is 29.6. The van der Waals surface area contributed by atoms with E-state index in [-0.39, 0.29) is 36.0 Å². The highest BCUT2D eigenvalue weighted by Gasteiger charge is 2.25. The molecule has 0 fully saturated rings. The molecule has 0 amide bonds. The number of methoxy groups -OCH3 is 1. The summed E-state index contributed by atoms with van der Waals surface area (Å²) in [5.74, 6) is 0.222. The smallest absolute Gasteiger partial charge is 0.402 e. The number of H-pyrrole nitrogens is 1. The van der Waals surface area contributed by atoms with Gasteiger partial charge in [-0.1, -0.05) is 18.2 Å². The Morgan fingerprint density at radius 3 is 2.82 bits per heavy atom. The van der Waals surface area contributed by atoms with Gasteiger partial charge in [-0.3, -0.25) is 9.78 Å². The molecule has 1 unspecified atom stereocenters. The number of nitrogens with one attached hydrogen (secondary N) is 1. The van der Waals surface area contributed by atoms with Crippen LogP contribution in [0.25, 0.3) is 11.2 Å². The van der Waals surface area contributed by atoms with Crippen molar-refractivity contribution in [3.63, 3.8) is 0 Å². The summed E-state index contributed by atoms with van der Waals surface area (Å²) in [5.41, 5.74) is 5.53. The average Bonchev–Trinajstić information content (AvgIpc) is 3.03. The number of nitrogens with two attached hydrogens (primary N) is 1. The lowest BCUT2D eigenvalue weighted by molar-refractivity contribution is 0.00455. The van der Waals surface area contributed by atoms with Gasteiger partial charge in [0.15, 0.2) is 17.5 Å². The Labute approximate surface area is 159 Å². The molecule has 1 aromatic carbocycles. The summed E-state index contributed by atoms with van der Waals surface area (Å²) in [4.78, 5) is 32.3. The number of aromatic nitrogens is 4. The molecule has 0 radical (unpaired) electrons. The van der Waals surface area contributed by atoms with Crippen LogP contribution in [0, 0.1) is 0 Å². The van der Waals surface area contributed by atoms with Gasteiger partial charge in [-0.2, -0.15) is 4.98 Å². The molecule has 3 aromatic rings. The quantitative estimate of drug-likeness (QED) is 0.438. The molecule has 0 saturated carbocycles. The molecule has 0 saturated heterocycles. The Kier molecular flexibility index (Phi) is 6.10. The molecule has 0 aliphatic heterocycles. The highest BCUT2D eigenvalue weighted by molar-refractivity contribution is 7.53. The van der Waals surface area contributed by atoms with E-state index < -0.39 is 25.6 Å². The molecule has 4 N–H and O–H groups in total. The molecule has 11 nitrogen and oxygen atoms in total. The summed E-state index contributed by atoms with van der Waals surface area (Å²) in [6, 6.07) is 8.28. The first-order valence-corrected chi connectivity index (χ1v) is 10.0. The molecular formula is C16H20N5O6P. The molecule has 0 spiro atoms. The lowest BCUT2D eigenvalue weighted by Crippen LogP contribution is -2.26. The molecule has 2 aromatic heterocycles. The SMILES string of the molecule is COC[C@@H](Cn1cnc2c(=O)[nH]c(N)nc21)OCP(=O)(O)Oc1ccccc1. The van der Waals surface area contributed by atoms with Gasteiger partial charge in [-0.25, -0.2) is 9.55 Å². The van der Waals surface area contributed by atoms with Gasteiger partial charge in [-0.15, -0.1) is 0 Å². The number of nitrogens with zero attached hydrogens (tertiary/aromatic N) is 3. The number of ether oxygens (including phenoxy) is 2. The van der Waals surface area contributed by atoms with Gasteiger partial charge < -0.3 is 29.2 Å². The number of imidazole rings is 1. The van der Waals surface area contributed by atoms with E-state index in [1.807, 2.05) is 0 Å². The highest BCUT2D eigenvalue weighted by Crippen LogP contribution is 2.42. The van der Waals surface area contributed by atoms with Crippen molar-refractivity contribution in [2.75, 3.05) is 25.8 Å². The highest BCUT2D eigenvalue weighted by atomic mass is 31.2.